The van der Waals surface area contributed by atoms with E-state index in [1.807, 2.05) is 24.3 Å². The first-order valence-electron chi connectivity index (χ1n) is 4.73. The highest BCUT2D eigenvalue weighted by Gasteiger charge is 2.03. The number of hydrogen-bond donors (Lipinski definition) is 2. The predicted octanol–water partition coefficient (Wildman–Crippen LogP) is 1.32. The SMILES string of the molecule is COc1ccc(-c2cc(N)nc(N)n2)cc1. The van der Waals surface area contributed by atoms with Gasteiger partial charge in [0.1, 0.15) is 11.6 Å². The molecule has 16 heavy (non-hydrogen) atoms. The lowest BCUT2D eigenvalue weighted by atomic mass is 10.1. The third kappa shape index (κ3) is 2.03. The maximum Gasteiger partial charge on any atom is 0.222 e. The average molecular weight is 216 g/mol. The molecular weight excluding hydrogens is 204 g/mol. The minimum absolute atomic E-state index is 0.172. The fourth-order valence-corrected chi connectivity index (χ4v) is 1.39. The molecule has 2 aromatic rings. The fraction of sp³-hybridized carbons (Fsp3) is 0.0909. The van der Waals surface area contributed by atoms with Crippen molar-refractivity contribution in [2.45, 2.75) is 0 Å². The van der Waals surface area contributed by atoms with E-state index in [9.17, 15) is 0 Å². The van der Waals surface area contributed by atoms with Crippen molar-refractivity contribution >= 4 is 11.8 Å². The molecular formula is C11H12N4O. The molecule has 1 aromatic carbocycles. The van der Waals surface area contributed by atoms with Crippen molar-refractivity contribution < 1.29 is 4.74 Å². The minimum atomic E-state index is 0.172. The van der Waals surface area contributed by atoms with Crippen LogP contribution in [0.25, 0.3) is 11.3 Å². The molecule has 0 amide bonds. The molecule has 0 spiro atoms. The molecule has 0 bridgehead atoms. The molecule has 0 atom stereocenters. The molecule has 0 aliphatic heterocycles. The van der Waals surface area contributed by atoms with Crippen LogP contribution in [0.15, 0.2) is 30.3 Å². The van der Waals surface area contributed by atoms with Gasteiger partial charge in [0.2, 0.25) is 5.95 Å². The van der Waals surface area contributed by atoms with Crippen molar-refractivity contribution in [3.63, 3.8) is 0 Å². The highest BCUT2D eigenvalue weighted by Crippen LogP contribution is 2.22. The number of ether oxygens (including phenoxy) is 1. The summed E-state index contributed by atoms with van der Waals surface area (Å²) < 4.78 is 5.07. The van der Waals surface area contributed by atoms with Crippen LogP contribution in [-0.4, -0.2) is 17.1 Å². The molecule has 0 aliphatic rings. The zero-order valence-corrected chi connectivity index (χ0v) is 8.84. The van der Waals surface area contributed by atoms with Crippen LogP contribution >= 0.6 is 0 Å². The van der Waals surface area contributed by atoms with Gasteiger partial charge in [0.05, 0.1) is 12.8 Å². The summed E-state index contributed by atoms with van der Waals surface area (Å²) in [5.41, 5.74) is 12.7. The first-order chi connectivity index (χ1) is 7.69. The normalized spacial score (nSPS) is 10.1. The molecule has 0 saturated heterocycles. The summed E-state index contributed by atoms with van der Waals surface area (Å²) in [7, 11) is 1.62. The van der Waals surface area contributed by atoms with Crippen molar-refractivity contribution in [2.75, 3.05) is 18.6 Å². The van der Waals surface area contributed by atoms with Crippen LogP contribution in [0.2, 0.25) is 0 Å². The third-order valence-electron chi connectivity index (χ3n) is 2.15. The first-order valence-corrected chi connectivity index (χ1v) is 4.73. The summed E-state index contributed by atoms with van der Waals surface area (Å²) in [5, 5.41) is 0. The van der Waals surface area contributed by atoms with Crippen molar-refractivity contribution in [3.05, 3.63) is 30.3 Å². The molecule has 0 fully saturated rings. The van der Waals surface area contributed by atoms with Gasteiger partial charge < -0.3 is 16.2 Å². The van der Waals surface area contributed by atoms with Gasteiger partial charge in [-0.25, -0.2) is 4.98 Å². The Morgan fingerprint density at radius 3 is 2.31 bits per heavy atom. The lowest BCUT2D eigenvalue weighted by Gasteiger charge is -2.04. The van der Waals surface area contributed by atoms with Crippen LogP contribution < -0.4 is 16.2 Å². The number of nitrogen functional groups attached to an aromatic ring is 2. The van der Waals surface area contributed by atoms with E-state index < -0.39 is 0 Å². The molecule has 1 heterocycles. The summed E-state index contributed by atoms with van der Waals surface area (Å²) in [6.07, 6.45) is 0. The van der Waals surface area contributed by atoms with Gasteiger partial charge in [0.25, 0.3) is 0 Å². The second-order valence-corrected chi connectivity index (χ2v) is 3.26. The molecule has 4 N–H and O–H groups in total. The summed E-state index contributed by atoms with van der Waals surface area (Å²) in [5.74, 6) is 1.32. The molecule has 82 valence electrons. The second-order valence-electron chi connectivity index (χ2n) is 3.26. The number of hydrogen-bond acceptors (Lipinski definition) is 5. The summed E-state index contributed by atoms with van der Waals surface area (Å²) >= 11 is 0. The smallest absolute Gasteiger partial charge is 0.222 e. The van der Waals surface area contributed by atoms with E-state index in [0.29, 0.717) is 11.5 Å². The summed E-state index contributed by atoms with van der Waals surface area (Å²) in [4.78, 5) is 7.92. The minimum Gasteiger partial charge on any atom is -0.497 e. The molecule has 0 saturated carbocycles. The Labute approximate surface area is 93.1 Å². The highest BCUT2D eigenvalue weighted by molar-refractivity contribution is 5.63. The van der Waals surface area contributed by atoms with Gasteiger partial charge in [-0.05, 0) is 24.3 Å². The molecule has 5 nitrogen and oxygen atoms in total. The van der Waals surface area contributed by atoms with E-state index in [2.05, 4.69) is 9.97 Å². The molecule has 5 heteroatoms. The Bertz CT molecular complexity index is 476. The van der Waals surface area contributed by atoms with E-state index in [0.717, 1.165) is 11.3 Å². The maximum atomic E-state index is 5.60. The summed E-state index contributed by atoms with van der Waals surface area (Å²) in [6.45, 7) is 0. The Morgan fingerprint density at radius 1 is 1.06 bits per heavy atom. The van der Waals surface area contributed by atoms with Gasteiger partial charge in [-0.3, -0.25) is 0 Å². The third-order valence-corrected chi connectivity index (χ3v) is 2.15. The van der Waals surface area contributed by atoms with Gasteiger partial charge in [0.15, 0.2) is 0 Å². The summed E-state index contributed by atoms with van der Waals surface area (Å²) in [6, 6.07) is 9.16. The van der Waals surface area contributed by atoms with Crippen molar-refractivity contribution in [3.8, 4) is 17.0 Å². The van der Waals surface area contributed by atoms with E-state index in [1.165, 1.54) is 0 Å². The van der Waals surface area contributed by atoms with Crippen LogP contribution in [0.4, 0.5) is 11.8 Å². The number of methoxy groups -OCH3 is 1. The van der Waals surface area contributed by atoms with Gasteiger partial charge in [-0.1, -0.05) is 0 Å². The standard InChI is InChI=1S/C11H12N4O/c1-16-8-4-2-7(3-5-8)9-6-10(12)15-11(13)14-9/h2-6H,1H3,(H4,12,13,14,15). The monoisotopic (exact) mass is 216 g/mol. The number of nitrogens with zero attached hydrogens (tertiary/aromatic N) is 2. The largest absolute Gasteiger partial charge is 0.497 e. The van der Waals surface area contributed by atoms with Crippen LogP contribution in [0.3, 0.4) is 0 Å². The number of aromatic nitrogens is 2. The van der Waals surface area contributed by atoms with Crippen LogP contribution in [0.5, 0.6) is 5.75 Å². The Hall–Kier alpha value is -2.30. The van der Waals surface area contributed by atoms with E-state index in [4.69, 9.17) is 16.2 Å². The maximum absolute atomic E-state index is 5.60. The Morgan fingerprint density at radius 2 is 1.75 bits per heavy atom. The molecule has 0 radical (unpaired) electrons. The lowest BCUT2D eigenvalue weighted by Crippen LogP contribution is -2.00. The highest BCUT2D eigenvalue weighted by atomic mass is 16.5. The topological polar surface area (TPSA) is 87.0 Å². The first kappa shape index (κ1) is 10.2. The number of rotatable bonds is 2. The number of benzene rings is 1. The number of nitrogens with two attached hydrogens (primary N) is 2. The van der Waals surface area contributed by atoms with Crippen LogP contribution in [-0.2, 0) is 0 Å². The lowest BCUT2D eigenvalue weighted by molar-refractivity contribution is 0.415. The quantitative estimate of drug-likeness (QED) is 0.790. The Balaban J connectivity index is 2.42. The van der Waals surface area contributed by atoms with Crippen molar-refractivity contribution in [1.29, 1.82) is 0 Å². The molecule has 1 aromatic heterocycles. The van der Waals surface area contributed by atoms with E-state index >= 15 is 0 Å². The molecule has 0 unspecified atom stereocenters. The van der Waals surface area contributed by atoms with E-state index in [-0.39, 0.29) is 5.95 Å². The molecule has 0 aliphatic carbocycles. The van der Waals surface area contributed by atoms with Crippen molar-refractivity contribution in [2.24, 2.45) is 0 Å². The second kappa shape index (κ2) is 4.06. The van der Waals surface area contributed by atoms with Gasteiger partial charge in [-0.2, -0.15) is 4.98 Å². The van der Waals surface area contributed by atoms with Crippen LogP contribution in [0.1, 0.15) is 0 Å². The molecule has 2 rings (SSSR count). The number of anilines is 2. The van der Waals surface area contributed by atoms with E-state index in [1.54, 1.807) is 13.2 Å². The fourth-order valence-electron chi connectivity index (χ4n) is 1.39. The van der Waals surface area contributed by atoms with Gasteiger partial charge in [-0.15, -0.1) is 0 Å². The zero-order valence-electron chi connectivity index (χ0n) is 8.84. The average Bonchev–Trinajstić information content (AvgIpc) is 2.28. The zero-order chi connectivity index (χ0) is 11.5. The van der Waals surface area contributed by atoms with Crippen molar-refractivity contribution in [1.82, 2.24) is 9.97 Å². The Kier molecular flexibility index (Phi) is 2.59. The predicted molar refractivity (Wildman–Crippen MR) is 62.8 cm³/mol. The van der Waals surface area contributed by atoms with Gasteiger partial charge >= 0.3 is 0 Å². The van der Waals surface area contributed by atoms with Crippen LogP contribution in [0, 0.1) is 0 Å². The van der Waals surface area contributed by atoms with Gasteiger partial charge in [0, 0.05) is 11.6 Å².